The molecular formula is C21H22ClFN2O2. The molecule has 0 aliphatic heterocycles. The van der Waals surface area contributed by atoms with Crippen molar-refractivity contribution in [1.82, 2.24) is 10.2 Å². The van der Waals surface area contributed by atoms with E-state index in [-0.39, 0.29) is 24.2 Å². The SMILES string of the molecule is CCN(CC(=O)NCc1ccc(F)cc1)C(=O)C1(c2ccc(Cl)cc2)CC1. The molecule has 27 heavy (non-hydrogen) atoms. The molecule has 0 bridgehead atoms. The molecule has 1 aliphatic carbocycles. The maximum Gasteiger partial charge on any atom is 0.239 e. The molecule has 0 spiro atoms. The third-order valence-electron chi connectivity index (χ3n) is 4.96. The number of carbonyl (C=O) groups is 2. The summed E-state index contributed by atoms with van der Waals surface area (Å²) in [5.74, 6) is -0.574. The molecule has 0 atom stereocenters. The largest absolute Gasteiger partial charge is 0.350 e. The summed E-state index contributed by atoms with van der Waals surface area (Å²) in [6, 6.07) is 13.3. The van der Waals surface area contributed by atoms with E-state index in [9.17, 15) is 14.0 Å². The van der Waals surface area contributed by atoms with E-state index in [1.54, 1.807) is 29.2 Å². The van der Waals surface area contributed by atoms with Gasteiger partial charge in [-0.15, -0.1) is 0 Å². The van der Waals surface area contributed by atoms with E-state index >= 15 is 0 Å². The van der Waals surface area contributed by atoms with Gasteiger partial charge in [0.15, 0.2) is 0 Å². The van der Waals surface area contributed by atoms with Crippen LogP contribution in [0.25, 0.3) is 0 Å². The smallest absolute Gasteiger partial charge is 0.239 e. The fourth-order valence-corrected chi connectivity index (χ4v) is 3.31. The molecule has 2 aromatic rings. The topological polar surface area (TPSA) is 49.4 Å². The van der Waals surface area contributed by atoms with Crippen LogP contribution in [0.1, 0.15) is 30.9 Å². The zero-order valence-electron chi connectivity index (χ0n) is 15.2. The van der Waals surface area contributed by atoms with Gasteiger partial charge in [-0.2, -0.15) is 0 Å². The Labute approximate surface area is 163 Å². The Kier molecular flexibility index (Phi) is 5.80. The predicted molar refractivity (Wildman–Crippen MR) is 103 cm³/mol. The van der Waals surface area contributed by atoms with Crippen molar-refractivity contribution < 1.29 is 14.0 Å². The molecule has 0 unspecified atom stereocenters. The Hall–Kier alpha value is -2.40. The lowest BCUT2D eigenvalue weighted by atomic mass is 9.94. The van der Waals surface area contributed by atoms with Crippen molar-refractivity contribution >= 4 is 23.4 Å². The zero-order valence-corrected chi connectivity index (χ0v) is 15.9. The van der Waals surface area contributed by atoms with Crippen molar-refractivity contribution in [2.45, 2.75) is 31.7 Å². The first-order valence-corrected chi connectivity index (χ1v) is 9.39. The Bertz CT molecular complexity index is 817. The predicted octanol–water partition coefficient (Wildman–Crippen LogP) is 3.68. The lowest BCUT2D eigenvalue weighted by Gasteiger charge is -2.26. The first kappa shape index (κ1) is 19.4. The molecule has 0 saturated heterocycles. The van der Waals surface area contributed by atoms with Crippen molar-refractivity contribution in [2.75, 3.05) is 13.1 Å². The normalized spacial score (nSPS) is 14.5. The summed E-state index contributed by atoms with van der Waals surface area (Å²) in [6.07, 6.45) is 1.56. The highest BCUT2D eigenvalue weighted by Crippen LogP contribution is 2.49. The number of hydrogen-bond donors (Lipinski definition) is 1. The first-order chi connectivity index (χ1) is 12.9. The number of benzene rings is 2. The quantitative estimate of drug-likeness (QED) is 0.786. The zero-order chi connectivity index (χ0) is 19.4. The van der Waals surface area contributed by atoms with E-state index in [0.717, 1.165) is 24.0 Å². The van der Waals surface area contributed by atoms with Crippen LogP contribution in [0, 0.1) is 5.82 Å². The minimum atomic E-state index is -0.530. The van der Waals surface area contributed by atoms with Gasteiger partial charge < -0.3 is 10.2 Å². The van der Waals surface area contributed by atoms with Gasteiger partial charge in [0.05, 0.1) is 12.0 Å². The highest BCUT2D eigenvalue weighted by Gasteiger charge is 2.52. The van der Waals surface area contributed by atoms with Crippen LogP contribution in [0.4, 0.5) is 4.39 Å². The highest BCUT2D eigenvalue weighted by atomic mass is 35.5. The molecule has 2 aromatic carbocycles. The standard InChI is InChI=1S/C21H22ClFN2O2/c1-2-25(14-19(26)24-13-15-3-9-18(23)10-4-15)20(27)21(11-12-21)16-5-7-17(22)8-6-16/h3-10H,2,11-14H2,1H3,(H,24,26). The van der Waals surface area contributed by atoms with Crippen LogP contribution in [0.15, 0.2) is 48.5 Å². The maximum absolute atomic E-state index is 13.1. The number of carbonyl (C=O) groups excluding carboxylic acids is 2. The third-order valence-corrected chi connectivity index (χ3v) is 5.21. The second-order valence-electron chi connectivity index (χ2n) is 6.81. The molecular weight excluding hydrogens is 367 g/mol. The maximum atomic E-state index is 13.1. The Balaban J connectivity index is 1.60. The van der Waals surface area contributed by atoms with E-state index in [1.807, 2.05) is 19.1 Å². The molecule has 0 aromatic heterocycles. The number of likely N-dealkylation sites (N-methyl/N-ethyl adjacent to an activating group) is 1. The highest BCUT2D eigenvalue weighted by molar-refractivity contribution is 6.30. The van der Waals surface area contributed by atoms with Crippen LogP contribution in [-0.4, -0.2) is 29.8 Å². The van der Waals surface area contributed by atoms with E-state index in [1.165, 1.54) is 12.1 Å². The van der Waals surface area contributed by atoms with Crippen molar-refractivity contribution in [3.8, 4) is 0 Å². The Morgan fingerprint density at radius 1 is 1.11 bits per heavy atom. The molecule has 1 fully saturated rings. The van der Waals surface area contributed by atoms with Crippen molar-refractivity contribution in [2.24, 2.45) is 0 Å². The van der Waals surface area contributed by atoms with Gasteiger partial charge in [-0.25, -0.2) is 4.39 Å². The average Bonchev–Trinajstić information content (AvgIpc) is 3.47. The molecule has 1 aliphatic rings. The van der Waals surface area contributed by atoms with Crippen LogP contribution in [0.2, 0.25) is 5.02 Å². The Morgan fingerprint density at radius 2 is 1.74 bits per heavy atom. The number of halogens is 2. The van der Waals surface area contributed by atoms with Gasteiger partial charge in [-0.05, 0) is 55.2 Å². The minimum Gasteiger partial charge on any atom is -0.350 e. The monoisotopic (exact) mass is 388 g/mol. The molecule has 142 valence electrons. The third kappa shape index (κ3) is 4.48. The van der Waals surface area contributed by atoms with Gasteiger partial charge in [0.2, 0.25) is 11.8 Å². The van der Waals surface area contributed by atoms with Crippen LogP contribution in [-0.2, 0) is 21.5 Å². The number of rotatable bonds is 7. The molecule has 2 amide bonds. The Morgan fingerprint density at radius 3 is 2.30 bits per heavy atom. The molecule has 0 radical (unpaired) electrons. The number of hydrogen-bond acceptors (Lipinski definition) is 2. The van der Waals surface area contributed by atoms with Gasteiger partial charge in [0, 0.05) is 18.1 Å². The van der Waals surface area contributed by atoms with Crippen LogP contribution in [0.5, 0.6) is 0 Å². The van der Waals surface area contributed by atoms with Gasteiger partial charge in [0.25, 0.3) is 0 Å². The summed E-state index contributed by atoms with van der Waals surface area (Å²) in [6.45, 7) is 2.63. The molecule has 4 nitrogen and oxygen atoms in total. The van der Waals surface area contributed by atoms with Crippen LogP contribution >= 0.6 is 11.6 Å². The van der Waals surface area contributed by atoms with Gasteiger partial charge in [-0.3, -0.25) is 9.59 Å². The van der Waals surface area contributed by atoms with E-state index < -0.39 is 5.41 Å². The summed E-state index contributed by atoms with van der Waals surface area (Å²) in [5, 5.41) is 3.42. The minimum absolute atomic E-state index is 0.00582. The van der Waals surface area contributed by atoms with Crippen molar-refractivity contribution in [3.63, 3.8) is 0 Å². The summed E-state index contributed by atoms with van der Waals surface area (Å²) in [5.41, 5.74) is 1.22. The fourth-order valence-electron chi connectivity index (χ4n) is 3.18. The van der Waals surface area contributed by atoms with Gasteiger partial charge >= 0.3 is 0 Å². The molecule has 3 rings (SSSR count). The summed E-state index contributed by atoms with van der Waals surface area (Å²) < 4.78 is 12.9. The van der Waals surface area contributed by atoms with Gasteiger partial charge in [0.1, 0.15) is 5.82 Å². The number of nitrogens with one attached hydrogen (secondary N) is 1. The average molecular weight is 389 g/mol. The lowest BCUT2D eigenvalue weighted by Crippen LogP contribution is -2.45. The number of nitrogens with zero attached hydrogens (tertiary/aromatic N) is 1. The second-order valence-corrected chi connectivity index (χ2v) is 7.25. The van der Waals surface area contributed by atoms with Gasteiger partial charge in [-0.1, -0.05) is 35.9 Å². The van der Waals surface area contributed by atoms with Crippen LogP contribution in [0.3, 0.4) is 0 Å². The summed E-state index contributed by atoms with van der Waals surface area (Å²) >= 11 is 5.95. The molecule has 6 heteroatoms. The summed E-state index contributed by atoms with van der Waals surface area (Å²) in [7, 11) is 0. The summed E-state index contributed by atoms with van der Waals surface area (Å²) in [4.78, 5) is 26.9. The van der Waals surface area contributed by atoms with E-state index in [0.29, 0.717) is 18.1 Å². The second kappa shape index (κ2) is 8.09. The van der Waals surface area contributed by atoms with Crippen molar-refractivity contribution in [3.05, 3.63) is 70.5 Å². The molecule has 1 N–H and O–H groups in total. The fraction of sp³-hybridized carbons (Fsp3) is 0.333. The first-order valence-electron chi connectivity index (χ1n) is 9.01. The lowest BCUT2D eigenvalue weighted by molar-refractivity contribution is -0.138. The van der Waals surface area contributed by atoms with E-state index in [2.05, 4.69) is 5.32 Å². The van der Waals surface area contributed by atoms with Crippen LogP contribution < -0.4 is 5.32 Å². The molecule has 1 saturated carbocycles. The number of amides is 2. The van der Waals surface area contributed by atoms with E-state index in [4.69, 9.17) is 11.6 Å². The molecule has 0 heterocycles. The van der Waals surface area contributed by atoms with Crippen molar-refractivity contribution in [1.29, 1.82) is 0 Å².